The van der Waals surface area contributed by atoms with Gasteiger partial charge in [0.2, 0.25) is 15.0 Å². The predicted octanol–water partition coefficient (Wildman–Crippen LogP) is 3.50. The molecule has 0 radical (unpaired) electrons. The molecule has 35 heavy (non-hydrogen) atoms. The molecule has 1 N–H and O–H groups in total. The monoisotopic (exact) mass is 504 g/mol. The first kappa shape index (κ1) is 24.9. The van der Waals surface area contributed by atoms with Crippen LogP contribution in [0.3, 0.4) is 0 Å². The number of carbonyl (C=O) groups is 1. The Bertz CT molecular complexity index is 1220. The summed E-state index contributed by atoms with van der Waals surface area (Å²) in [7, 11) is -3.86. The Labute approximate surface area is 203 Å². The van der Waals surface area contributed by atoms with Crippen molar-refractivity contribution >= 4 is 15.9 Å². The van der Waals surface area contributed by atoms with E-state index >= 15 is 0 Å². The van der Waals surface area contributed by atoms with Crippen molar-refractivity contribution in [3.05, 3.63) is 71.7 Å². The van der Waals surface area contributed by atoms with Crippen LogP contribution in [0, 0.1) is 5.82 Å². The highest BCUT2D eigenvalue weighted by atomic mass is 32.2. The quantitative estimate of drug-likeness (QED) is 0.453. The summed E-state index contributed by atoms with van der Waals surface area (Å²) >= 11 is 0. The normalized spacial score (nSPS) is 15.9. The third kappa shape index (κ3) is 6.29. The number of hydrogen-bond donors (Lipinski definition) is 1. The van der Waals surface area contributed by atoms with Crippen LogP contribution in [0.2, 0.25) is 0 Å². The summed E-state index contributed by atoms with van der Waals surface area (Å²) in [5, 5.41) is 2.69. The first-order chi connectivity index (χ1) is 16.9. The van der Waals surface area contributed by atoms with Crippen molar-refractivity contribution in [2.24, 2.45) is 0 Å². The molecule has 0 saturated carbocycles. The zero-order valence-corrected chi connectivity index (χ0v) is 20.3. The smallest absolute Gasteiger partial charge is 0.318 e. The lowest BCUT2D eigenvalue weighted by atomic mass is 10.2. The highest BCUT2D eigenvalue weighted by molar-refractivity contribution is 7.90. The Hall–Kier alpha value is -3.18. The molecule has 3 heterocycles. The Morgan fingerprint density at radius 3 is 2.71 bits per heavy atom. The topological polar surface area (TPSA) is 107 Å². The van der Waals surface area contributed by atoms with Crippen molar-refractivity contribution in [1.82, 2.24) is 19.8 Å². The highest BCUT2D eigenvalue weighted by Crippen LogP contribution is 2.23. The number of furan rings is 1. The maximum Gasteiger partial charge on any atom is 0.318 e. The van der Waals surface area contributed by atoms with E-state index in [9.17, 15) is 17.6 Å². The molecular weight excluding hydrogens is 475 g/mol. The number of aromatic nitrogens is 2. The van der Waals surface area contributed by atoms with Crippen LogP contribution >= 0.6 is 0 Å². The van der Waals surface area contributed by atoms with E-state index in [0.717, 1.165) is 12.8 Å². The van der Waals surface area contributed by atoms with Crippen LogP contribution < -0.4 is 5.32 Å². The SMILES string of the molecule is CCNC(=O)N(Cc1ccco1)Cc1cnc(S(=O)(=O)Cc2ccc(F)cc2)n1CC1CCCO1. The maximum absolute atomic E-state index is 13.3. The lowest BCUT2D eigenvalue weighted by Crippen LogP contribution is -2.39. The Kier molecular flexibility index (Phi) is 7.86. The molecule has 0 spiro atoms. The molecule has 9 nitrogen and oxygen atoms in total. The molecule has 1 aliphatic rings. The first-order valence-electron chi connectivity index (χ1n) is 11.5. The van der Waals surface area contributed by atoms with Crippen molar-refractivity contribution in [2.45, 2.75) is 56.4 Å². The third-order valence-corrected chi connectivity index (χ3v) is 7.35. The van der Waals surface area contributed by atoms with Crippen molar-refractivity contribution in [1.29, 1.82) is 0 Å². The molecule has 1 aromatic carbocycles. The summed E-state index contributed by atoms with van der Waals surface area (Å²) in [5.41, 5.74) is 1.03. The fraction of sp³-hybridized carbons (Fsp3) is 0.417. The van der Waals surface area contributed by atoms with Crippen LogP contribution in [-0.4, -0.2) is 48.2 Å². The van der Waals surface area contributed by atoms with Gasteiger partial charge in [-0.25, -0.2) is 22.6 Å². The molecule has 11 heteroatoms. The zero-order valence-electron chi connectivity index (χ0n) is 19.5. The number of imidazole rings is 1. The van der Waals surface area contributed by atoms with Gasteiger partial charge in [0, 0.05) is 13.2 Å². The number of urea groups is 1. The van der Waals surface area contributed by atoms with E-state index in [1.165, 1.54) is 36.7 Å². The zero-order chi connectivity index (χ0) is 24.8. The van der Waals surface area contributed by atoms with Gasteiger partial charge in [-0.2, -0.15) is 0 Å². The lowest BCUT2D eigenvalue weighted by Gasteiger charge is -2.23. The van der Waals surface area contributed by atoms with E-state index in [1.807, 2.05) is 6.92 Å². The molecule has 1 aliphatic heterocycles. The van der Waals surface area contributed by atoms with E-state index < -0.39 is 15.7 Å². The molecule has 1 saturated heterocycles. The van der Waals surface area contributed by atoms with E-state index in [-0.39, 0.29) is 36.1 Å². The molecule has 0 bridgehead atoms. The van der Waals surface area contributed by atoms with E-state index in [0.29, 0.717) is 36.7 Å². The van der Waals surface area contributed by atoms with Gasteiger partial charge in [0.1, 0.15) is 11.6 Å². The molecular formula is C24H29FN4O5S. The van der Waals surface area contributed by atoms with Crippen LogP contribution in [0.5, 0.6) is 0 Å². The largest absolute Gasteiger partial charge is 0.467 e. The van der Waals surface area contributed by atoms with Gasteiger partial charge >= 0.3 is 6.03 Å². The molecule has 1 fully saturated rings. The second-order valence-corrected chi connectivity index (χ2v) is 10.3. The van der Waals surface area contributed by atoms with Crippen LogP contribution in [0.4, 0.5) is 9.18 Å². The molecule has 4 rings (SSSR count). The number of amides is 2. The number of benzene rings is 1. The van der Waals surface area contributed by atoms with Crippen molar-refractivity contribution < 1.29 is 26.8 Å². The van der Waals surface area contributed by atoms with Gasteiger partial charge in [-0.3, -0.25) is 0 Å². The standard InChI is InChI=1S/C24H29FN4O5S/c1-2-26-23(30)28(15-21-5-3-11-33-21)14-20-13-27-24(29(20)16-22-6-4-12-34-22)35(31,32)17-18-7-9-19(25)10-8-18/h3,5,7-11,13,22H,2,4,6,12,14-17H2,1H3,(H,26,30). The number of ether oxygens (including phenoxy) is 1. The number of hydrogen-bond acceptors (Lipinski definition) is 6. The minimum atomic E-state index is -3.86. The summed E-state index contributed by atoms with van der Waals surface area (Å²) in [5.74, 6) is -0.150. The number of halogens is 1. The molecule has 1 unspecified atom stereocenters. The number of rotatable bonds is 10. The molecule has 2 amide bonds. The Balaban J connectivity index is 1.65. The van der Waals surface area contributed by atoms with Gasteiger partial charge in [-0.15, -0.1) is 0 Å². The lowest BCUT2D eigenvalue weighted by molar-refractivity contribution is 0.0934. The summed E-state index contributed by atoms with van der Waals surface area (Å²) in [6.45, 7) is 3.53. The van der Waals surface area contributed by atoms with Gasteiger partial charge in [0.25, 0.3) is 0 Å². The minimum absolute atomic E-state index is 0.0961. The van der Waals surface area contributed by atoms with Gasteiger partial charge in [0.15, 0.2) is 0 Å². The first-order valence-corrected chi connectivity index (χ1v) is 13.2. The number of carbonyl (C=O) groups excluding carboxylic acids is 1. The second kappa shape index (κ2) is 11.0. The summed E-state index contributed by atoms with van der Waals surface area (Å²) in [4.78, 5) is 18.6. The highest BCUT2D eigenvalue weighted by Gasteiger charge is 2.28. The average Bonchev–Trinajstić information content (AvgIpc) is 3.59. The molecule has 0 aliphatic carbocycles. The van der Waals surface area contributed by atoms with Crippen LogP contribution in [-0.2, 0) is 40.0 Å². The third-order valence-electron chi connectivity index (χ3n) is 5.75. The summed E-state index contributed by atoms with van der Waals surface area (Å²) in [6.07, 6.45) is 4.58. The van der Waals surface area contributed by atoms with E-state index in [4.69, 9.17) is 9.15 Å². The molecule has 3 aromatic rings. The van der Waals surface area contributed by atoms with Gasteiger partial charge in [0.05, 0.1) is 49.6 Å². The average molecular weight is 505 g/mol. The van der Waals surface area contributed by atoms with Crippen LogP contribution in [0.1, 0.15) is 36.8 Å². The van der Waals surface area contributed by atoms with Gasteiger partial charge in [-0.05, 0) is 49.6 Å². The van der Waals surface area contributed by atoms with Gasteiger partial charge < -0.3 is 23.9 Å². The van der Waals surface area contributed by atoms with Crippen molar-refractivity contribution in [3.63, 3.8) is 0 Å². The summed E-state index contributed by atoms with van der Waals surface area (Å²) in [6, 6.07) is 8.57. The predicted molar refractivity (Wildman–Crippen MR) is 126 cm³/mol. The number of nitrogens with one attached hydrogen (secondary N) is 1. The van der Waals surface area contributed by atoms with E-state index in [2.05, 4.69) is 10.3 Å². The van der Waals surface area contributed by atoms with Crippen LogP contribution in [0.15, 0.2) is 58.4 Å². The van der Waals surface area contributed by atoms with Crippen molar-refractivity contribution in [3.8, 4) is 0 Å². The molecule has 2 aromatic heterocycles. The maximum atomic E-state index is 13.3. The summed E-state index contributed by atoms with van der Waals surface area (Å²) < 4.78 is 52.8. The fourth-order valence-electron chi connectivity index (χ4n) is 4.07. The number of sulfone groups is 1. The van der Waals surface area contributed by atoms with E-state index in [1.54, 1.807) is 21.6 Å². The molecule has 1 atom stereocenters. The Morgan fingerprint density at radius 1 is 1.26 bits per heavy atom. The van der Waals surface area contributed by atoms with Crippen molar-refractivity contribution in [2.75, 3.05) is 13.2 Å². The van der Waals surface area contributed by atoms with Gasteiger partial charge in [-0.1, -0.05) is 12.1 Å². The molecule has 188 valence electrons. The van der Waals surface area contributed by atoms with Crippen LogP contribution in [0.25, 0.3) is 0 Å². The number of nitrogens with zero attached hydrogens (tertiary/aromatic N) is 3. The second-order valence-electron chi connectivity index (χ2n) is 8.43. The fourth-order valence-corrected chi connectivity index (χ4v) is 5.57. The Morgan fingerprint density at radius 2 is 2.06 bits per heavy atom. The minimum Gasteiger partial charge on any atom is -0.467 e.